The van der Waals surface area contributed by atoms with E-state index < -0.39 is 0 Å². The Labute approximate surface area is 94.8 Å². The van der Waals surface area contributed by atoms with Gasteiger partial charge < -0.3 is 10.5 Å². The van der Waals surface area contributed by atoms with E-state index in [9.17, 15) is 0 Å². The lowest BCUT2D eigenvalue weighted by Gasteiger charge is -2.29. The molecule has 2 nitrogen and oxygen atoms in total. The number of nitrogens with two attached hydrogens (primary N) is 1. The van der Waals surface area contributed by atoms with Gasteiger partial charge in [0.25, 0.3) is 0 Å². The van der Waals surface area contributed by atoms with Crippen LogP contribution in [-0.2, 0) is 11.3 Å². The average Bonchev–Trinajstić information content (AvgIpc) is 2.12. The molecular formula is C10H13Cl2NO. The van der Waals surface area contributed by atoms with Crippen LogP contribution in [0.25, 0.3) is 0 Å². The first kappa shape index (κ1) is 11.8. The molecular weight excluding hydrogens is 221 g/mol. The summed E-state index contributed by atoms with van der Waals surface area (Å²) in [6.45, 7) is 2.59. The Morgan fingerprint density at radius 3 is 2.93 bits per heavy atom. The predicted molar refractivity (Wildman–Crippen MR) is 59.9 cm³/mol. The Hall–Kier alpha value is -0.280. The highest BCUT2D eigenvalue weighted by molar-refractivity contribution is 6.31. The molecule has 14 heavy (non-hydrogen) atoms. The summed E-state index contributed by atoms with van der Waals surface area (Å²) in [5.74, 6) is 0. The van der Waals surface area contributed by atoms with Crippen LogP contribution in [0.4, 0.5) is 0 Å². The molecule has 2 atom stereocenters. The molecule has 0 radical (unpaired) electrons. The zero-order valence-electron chi connectivity index (χ0n) is 7.87. The summed E-state index contributed by atoms with van der Waals surface area (Å²) in [7, 11) is 0. The quantitative estimate of drug-likeness (QED) is 0.748. The van der Waals surface area contributed by atoms with E-state index >= 15 is 0 Å². The standard InChI is InChI=1S/C10H12ClNO.ClH/c1-6-10(12)9-7(5-13-6)3-2-4-8(9)11;/h2-4,6,10H,5,12H2,1H3;1H/t6-,10+;/m0./s1. The third-order valence-corrected chi connectivity index (χ3v) is 2.81. The van der Waals surface area contributed by atoms with Gasteiger partial charge in [0.15, 0.2) is 0 Å². The van der Waals surface area contributed by atoms with E-state index in [2.05, 4.69) is 0 Å². The van der Waals surface area contributed by atoms with Gasteiger partial charge in [0, 0.05) is 5.02 Å². The van der Waals surface area contributed by atoms with E-state index in [0.29, 0.717) is 6.61 Å². The first-order valence-electron chi connectivity index (χ1n) is 4.34. The van der Waals surface area contributed by atoms with Crippen molar-refractivity contribution in [1.82, 2.24) is 0 Å². The van der Waals surface area contributed by atoms with Crippen molar-refractivity contribution < 1.29 is 4.74 Å². The third-order valence-electron chi connectivity index (χ3n) is 2.48. The molecule has 0 fully saturated rings. The lowest BCUT2D eigenvalue weighted by atomic mass is 9.95. The van der Waals surface area contributed by atoms with Crippen LogP contribution in [0.1, 0.15) is 24.1 Å². The minimum absolute atomic E-state index is 0. The highest BCUT2D eigenvalue weighted by Gasteiger charge is 2.25. The van der Waals surface area contributed by atoms with Gasteiger partial charge in [0.1, 0.15) is 0 Å². The second-order valence-corrected chi connectivity index (χ2v) is 3.76. The SMILES string of the molecule is C[C@@H]1OCc2cccc(Cl)c2[C@@H]1N.Cl. The van der Waals surface area contributed by atoms with E-state index in [1.54, 1.807) is 0 Å². The number of ether oxygens (including phenoxy) is 1. The molecule has 2 N–H and O–H groups in total. The average molecular weight is 234 g/mol. The van der Waals surface area contributed by atoms with E-state index in [0.717, 1.165) is 16.1 Å². The van der Waals surface area contributed by atoms with Gasteiger partial charge in [-0.3, -0.25) is 0 Å². The molecule has 0 unspecified atom stereocenters. The summed E-state index contributed by atoms with van der Waals surface area (Å²) < 4.78 is 5.49. The van der Waals surface area contributed by atoms with Crippen molar-refractivity contribution in [3.8, 4) is 0 Å². The van der Waals surface area contributed by atoms with Gasteiger partial charge in [-0.25, -0.2) is 0 Å². The largest absolute Gasteiger partial charge is 0.372 e. The number of hydrogen-bond donors (Lipinski definition) is 1. The summed E-state index contributed by atoms with van der Waals surface area (Å²) in [4.78, 5) is 0. The molecule has 0 aliphatic carbocycles. The fourth-order valence-corrected chi connectivity index (χ4v) is 1.96. The van der Waals surface area contributed by atoms with E-state index in [4.69, 9.17) is 22.1 Å². The monoisotopic (exact) mass is 233 g/mol. The number of benzene rings is 1. The maximum atomic E-state index is 6.07. The number of halogens is 2. The van der Waals surface area contributed by atoms with Gasteiger partial charge in [-0.1, -0.05) is 23.7 Å². The minimum atomic E-state index is -0.0996. The van der Waals surface area contributed by atoms with Gasteiger partial charge in [-0.05, 0) is 24.1 Å². The van der Waals surface area contributed by atoms with Gasteiger partial charge >= 0.3 is 0 Å². The van der Waals surface area contributed by atoms with Gasteiger partial charge in [0.05, 0.1) is 18.8 Å². The van der Waals surface area contributed by atoms with Crippen molar-refractivity contribution >= 4 is 24.0 Å². The molecule has 1 aromatic carbocycles. The van der Waals surface area contributed by atoms with Gasteiger partial charge in [0.2, 0.25) is 0 Å². The molecule has 0 aromatic heterocycles. The molecule has 2 rings (SSSR count). The highest BCUT2D eigenvalue weighted by atomic mass is 35.5. The van der Waals surface area contributed by atoms with Crippen molar-refractivity contribution in [3.05, 3.63) is 34.3 Å². The first-order chi connectivity index (χ1) is 6.20. The Kier molecular flexibility index (Phi) is 3.78. The maximum Gasteiger partial charge on any atom is 0.0744 e. The van der Waals surface area contributed by atoms with Gasteiger partial charge in [-0.15, -0.1) is 12.4 Å². The normalized spacial score (nSPS) is 25.1. The summed E-state index contributed by atoms with van der Waals surface area (Å²) in [5, 5.41) is 0.750. The van der Waals surface area contributed by atoms with Crippen molar-refractivity contribution in [2.24, 2.45) is 5.73 Å². The number of hydrogen-bond acceptors (Lipinski definition) is 2. The summed E-state index contributed by atoms with van der Waals surface area (Å²) in [6, 6.07) is 5.70. The Balaban J connectivity index is 0.000000980. The van der Waals surface area contributed by atoms with Crippen LogP contribution in [0, 0.1) is 0 Å². The second kappa shape index (κ2) is 4.49. The minimum Gasteiger partial charge on any atom is -0.372 e. The molecule has 1 aliphatic rings. The van der Waals surface area contributed by atoms with Crippen LogP contribution in [0.15, 0.2) is 18.2 Å². The molecule has 0 saturated carbocycles. The highest BCUT2D eigenvalue weighted by Crippen LogP contribution is 2.32. The molecule has 0 amide bonds. The third kappa shape index (κ3) is 1.89. The van der Waals surface area contributed by atoms with Crippen LogP contribution in [0.5, 0.6) is 0 Å². The summed E-state index contributed by atoms with van der Waals surface area (Å²) in [6.07, 6.45) is 0.0485. The van der Waals surface area contributed by atoms with Gasteiger partial charge in [-0.2, -0.15) is 0 Å². The molecule has 78 valence electrons. The van der Waals surface area contributed by atoms with Crippen LogP contribution in [0.3, 0.4) is 0 Å². The van der Waals surface area contributed by atoms with E-state index in [1.165, 1.54) is 0 Å². The fraction of sp³-hybridized carbons (Fsp3) is 0.400. The Morgan fingerprint density at radius 2 is 2.21 bits per heavy atom. The van der Waals surface area contributed by atoms with Crippen molar-refractivity contribution in [3.63, 3.8) is 0 Å². The molecule has 4 heteroatoms. The summed E-state index contributed by atoms with van der Waals surface area (Å²) >= 11 is 6.07. The molecule has 0 spiro atoms. The maximum absolute atomic E-state index is 6.07. The number of rotatable bonds is 0. The van der Waals surface area contributed by atoms with Crippen LogP contribution in [0.2, 0.25) is 5.02 Å². The molecule has 1 aliphatic heterocycles. The van der Waals surface area contributed by atoms with Crippen LogP contribution >= 0.6 is 24.0 Å². The molecule has 0 bridgehead atoms. The lowest BCUT2D eigenvalue weighted by Crippen LogP contribution is -2.31. The molecule has 1 heterocycles. The van der Waals surface area contributed by atoms with E-state index in [-0.39, 0.29) is 24.6 Å². The summed E-state index contributed by atoms with van der Waals surface area (Å²) in [5.41, 5.74) is 8.13. The Morgan fingerprint density at radius 1 is 1.50 bits per heavy atom. The predicted octanol–water partition coefficient (Wildman–Crippen LogP) is 2.68. The smallest absolute Gasteiger partial charge is 0.0744 e. The van der Waals surface area contributed by atoms with Crippen molar-refractivity contribution in [1.29, 1.82) is 0 Å². The van der Waals surface area contributed by atoms with Crippen molar-refractivity contribution in [2.45, 2.75) is 25.7 Å². The lowest BCUT2D eigenvalue weighted by molar-refractivity contribution is 0.0214. The van der Waals surface area contributed by atoms with E-state index in [1.807, 2.05) is 25.1 Å². The first-order valence-corrected chi connectivity index (χ1v) is 4.72. The van der Waals surface area contributed by atoms with Crippen LogP contribution in [-0.4, -0.2) is 6.10 Å². The molecule has 0 saturated heterocycles. The van der Waals surface area contributed by atoms with Crippen molar-refractivity contribution in [2.75, 3.05) is 0 Å². The fourth-order valence-electron chi connectivity index (χ4n) is 1.64. The zero-order chi connectivity index (χ0) is 9.42. The van der Waals surface area contributed by atoms with Crippen LogP contribution < -0.4 is 5.73 Å². The topological polar surface area (TPSA) is 35.2 Å². The zero-order valence-corrected chi connectivity index (χ0v) is 9.44. The number of fused-ring (bicyclic) bond motifs is 1. The second-order valence-electron chi connectivity index (χ2n) is 3.35. The Bertz CT molecular complexity index is 330. The molecule has 1 aromatic rings.